The SMILES string of the molecule is CN(CC(=O)NC(C)(C)C)C(=O)/C=C/c1ccc(Cl)cc1Cl. The van der Waals surface area contributed by atoms with Crippen LogP contribution in [0.15, 0.2) is 24.3 Å². The Morgan fingerprint density at radius 2 is 1.91 bits per heavy atom. The average molecular weight is 343 g/mol. The molecular formula is C16H20Cl2N2O2. The summed E-state index contributed by atoms with van der Waals surface area (Å²) >= 11 is 11.8. The standard InChI is InChI=1S/C16H20Cl2N2O2/c1-16(2,3)19-14(21)10-20(4)15(22)8-6-11-5-7-12(17)9-13(11)18/h5-9H,10H2,1-4H3,(H,19,21)/b8-6+. The van der Waals surface area contributed by atoms with Crippen LogP contribution < -0.4 is 5.32 Å². The third-order valence-corrected chi connectivity index (χ3v) is 3.20. The summed E-state index contributed by atoms with van der Waals surface area (Å²) in [5.41, 5.74) is 0.361. The number of carbonyl (C=O) groups excluding carboxylic acids is 2. The van der Waals surface area contributed by atoms with Crippen LogP contribution in [-0.2, 0) is 9.59 Å². The first kappa shape index (κ1) is 18.5. The lowest BCUT2D eigenvalue weighted by Crippen LogP contribution is -2.46. The van der Waals surface area contributed by atoms with Crippen LogP contribution in [0.5, 0.6) is 0 Å². The molecule has 0 aliphatic rings. The molecule has 0 saturated carbocycles. The topological polar surface area (TPSA) is 49.4 Å². The lowest BCUT2D eigenvalue weighted by Gasteiger charge is -2.22. The second kappa shape index (κ2) is 7.65. The molecule has 0 aliphatic heterocycles. The Hall–Kier alpha value is -1.52. The fourth-order valence-corrected chi connectivity index (χ4v) is 2.15. The maximum atomic E-state index is 12.0. The molecule has 120 valence electrons. The van der Waals surface area contributed by atoms with Crippen LogP contribution in [0.4, 0.5) is 0 Å². The van der Waals surface area contributed by atoms with Gasteiger partial charge in [-0.15, -0.1) is 0 Å². The molecule has 0 atom stereocenters. The van der Waals surface area contributed by atoms with E-state index in [1.807, 2.05) is 20.8 Å². The second-order valence-electron chi connectivity index (χ2n) is 5.99. The molecule has 0 aromatic heterocycles. The van der Waals surface area contributed by atoms with Crippen LogP contribution in [0.25, 0.3) is 6.08 Å². The molecule has 1 aromatic carbocycles. The highest BCUT2D eigenvalue weighted by atomic mass is 35.5. The summed E-state index contributed by atoms with van der Waals surface area (Å²) in [4.78, 5) is 25.1. The number of halogens is 2. The van der Waals surface area contributed by atoms with Crippen LogP contribution in [0, 0.1) is 0 Å². The Morgan fingerprint density at radius 3 is 2.45 bits per heavy atom. The summed E-state index contributed by atoms with van der Waals surface area (Å²) in [6.45, 7) is 5.65. The van der Waals surface area contributed by atoms with Gasteiger partial charge < -0.3 is 10.2 Å². The minimum atomic E-state index is -0.326. The van der Waals surface area contributed by atoms with E-state index in [4.69, 9.17) is 23.2 Å². The summed E-state index contributed by atoms with van der Waals surface area (Å²) in [6.07, 6.45) is 2.97. The number of hydrogen-bond acceptors (Lipinski definition) is 2. The van der Waals surface area contributed by atoms with E-state index in [0.29, 0.717) is 15.6 Å². The van der Waals surface area contributed by atoms with Gasteiger partial charge in [0.2, 0.25) is 11.8 Å². The van der Waals surface area contributed by atoms with Crippen molar-refractivity contribution in [1.82, 2.24) is 10.2 Å². The first-order chi connectivity index (χ1) is 10.1. The zero-order valence-electron chi connectivity index (χ0n) is 13.1. The van der Waals surface area contributed by atoms with Crippen LogP contribution >= 0.6 is 23.2 Å². The molecule has 0 bridgehead atoms. The first-order valence-electron chi connectivity index (χ1n) is 6.78. The Balaban J connectivity index is 2.64. The number of amides is 2. The van der Waals surface area contributed by atoms with Crippen LogP contribution in [0.3, 0.4) is 0 Å². The van der Waals surface area contributed by atoms with Gasteiger partial charge in [-0.25, -0.2) is 0 Å². The highest BCUT2D eigenvalue weighted by molar-refractivity contribution is 6.35. The van der Waals surface area contributed by atoms with E-state index in [9.17, 15) is 9.59 Å². The number of nitrogens with one attached hydrogen (secondary N) is 1. The molecule has 0 heterocycles. The van der Waals surface area contributed by atoms with E-state index < -0.39 is 0 Å². The third kappa shape index (κ3) is 6.50. The average Bonchev–Trinajstić information content (AvgIpc) is 2.34. The number of carbonyl (C=O) groups is 2. The molecule has 4 nitrogen and oxygen atoms in total. The van der Waals surface area contributed by atoms with E-state index in [1.165, 1.54) is 11.0 Å². The molecule has 2 amide bonds. The smallest absolute Gasteiger partial charge is 0.246 e. The van der Waals surface area contributed by atoms with Gasteiger partial charge in [0.25, 0.3) is 0 Å². The molecule has 0 radical (unpaired) electrons. The number of benzene rings is 1. The van der Waals surface area contributed by atoms with Crippen LogP contribution in [-0.4, -0.2) is 35.8 Å². The Morgan fingerprint density at radius 1 is 1.27 bits per heavy atom. The van der Waals surface area contributed by atoms with Gasteiger partial charge in [0.05, 0.1) is 6.54 Å². The van der Waals surface area contributed by atoms with Crippen molar-refractivity contribution in [2.75, 3.05) is 13.6 Å². The van der Waals surface area contributed by atoms with Crippen LogP contribution in [0.1, 0.15) is 26.3 Å². The minimum absolute atomic E-state index is 0.00517. The maximum Gasteiger partial charge on any atom is 0.246 e. The number of nitrogens with zero attached hydrogens (tertiary/aromatic N) is 1. The van der Waals surface area contributed by atoms with Crippen molar-refractivity contribution in [3.63, 3.8) is 0 Å². The van der Waals surface area contributed by atoms with E-state index in [-0.39, 0.29) is 23.9 Å². The molecule has 0 unspecified atom stereocenters. The third-order valence-electron chi connectivity index (χ3n) is 2.64. The molecule has 6 heteroatoms. The number of hydrogen-bond donors (Lipinski definition) is 1. The highest BCUT2D eigenvalue weighted by Crippen LogP contribution is 2.21. The van der Waals surface area contributed by atoms with Gasteiger partial charge in [-0.05, 0) is 44.5 Å². The molecule has 0 spiro atoms. The Bertz CT molecular complexity index is 592. The van der Waals surface area contributed by atoms with Crippen molar-refractivity contribution in [3.05, 3.63) is 39.9 Å². The van der Waals surface area contributed by atoms with Crippen molar-refractivity contribution in [2.45, 2.75) is 26.3 Å². The molecule has 1 rings (SSSR count). The van der Waals surface area contributed by atoms with Gasteiger partial charge in [-0.2, -0.15) is 0 Å². The zero-order valence-corrected chi connectivity index (χ0v) is 14.6. The summed E-state index contributed by atoms with van der Waals surface area (Å²) in [5, 5.41) is 3.80. The molecule has 22 heavy (non-hydrogen) atoms. The summed E-state index contributed by atoms with van der Waals surface area (Å²) in [6, 6.07) is 5.02. The molecule has 0 saturated heterocycles. The second-order valence-corrected chi connectivity index (χ2v) is 6.84. The van der Waals surface area contributed by atoms with Gasteiger partial charge in [0.15, 0.2) is 0 Å². The van der Waals surface area contributed by atoms with Gasteiger partial charge in [0.1, 0.15) is 0 Å². The Kier molecular flexibility index (Phi) is 6.45. The van der Waals surface area contributed by atoms with Crippen molar-refractivity contribution < 1.29 is 9.59 Å². The predicted octanol–water partition coefficient (Wildman–Crippen LogP) is 3.38. The molecule has 1 N–H and O–H groups in total. The largest absolute Gasteiger partial charge is 0.350 e. The quantitative estimate of drug-likeness (QED) is 0.852. The lowest BCUT2D eigenvalue weighted by atomic mass is 10.1. The van der Waals surface area contributed by atoms with Gasteiger partial charge in [-0.1, -0.05) is 29.3 Å². The lowest BCUT2D eigenvalue weighted by molar-refractivity contribution is -0.131. The fourth-order valence-electron chi connectivity index (χ4n) is 1.68. The van der Waals surface area contributed by atoms with E-state index in [1.54, 1.807) is 31.3 Å². The highest BCUT2D eigenvalue weighted by Gasteiger charge is 2.16. The van der Waals surface area contributed by atoms with Crippen molar-refractivity contribution in [3.8, 4) is 0 Å². The normalized spacial score (nSPS) is 11.5. The minimum Gasteiger partial charge on any atom is -0.350 e. The van der Waals surface area contributed by atoms with E-state index in [2.05, 4.69) is 5.32 Å². The number of likely N-dealkylation sites (N-methyl/N-ethyl adjacent to an activating group) is 1. The van der Waals surface area contributed by atoms with Crippen molar-refractivity contribution >= 4 is 41.1 Å². The first-order valence-corrected chi connectivity index (χ1v) is 7.53. The van der Waals surface area contributed by atoms with Gasteiger partial charge in [0, 0.05) is 28.7 Å². The molecule has 0 fully saturated rings. The fraction of sp³-hybridized carbons (Fsp3) is 0.375. The van der Waals surface area contributed by atoms with Gasteiger partial charge >= 0.3 is 0 Å². The predicted molar refractivity (Wildman–Crippen MR) is 91.0 cm³/mol. The van der Waals surface area contributed by atoms with E-state index >= 15 is 0 Å². The number of rotatable bonds is 4. The zero-order chi connectivity index (χ0) is 16.9. The Labute approximate surface area is 141 Å². The molecule has 1 aromatic rings. The summed E-state index contributed by atoms with van der Waals surface area (Å²) < 4.78 is 0. The summed E-state index contributed by atoms with van der Waals surface area (Å²) in [5.74, 6) is -0.489. The molecule has 0 aliphatic carbocycles. The van der Waals surface area contributed by atoms with Gasteiger partial charge in [-0.3, -0.25) is 9.59 Å². The molecular weight excluding hydrogens is 323 g/mol. The maximum absolute atomic E-state index is 12.0. The summed E-state index contributed by atoms with van der Waals surface area (Å²) in [7, 11) is 1.57. The van der Waals surface area contributed by atoms with Crippen molar-refractivity contribution in [2.24, 2.45) is 0 Å². The van der Waals surface area contributed by atoms with E-state index in [0.717, 1.165) is 0 Å². The monoisotopic (exact) mass is 342 g/mol. The van der Waals surface area contributed by atoms with Crippen LogP contribution in [0.2, 0.25) is 10.0 Å². The van der Waals surface area contributed by atoms with Crippen molar-refractivity contribution in [1.29, 1.82) is 0 Å².